The van der Waals surface area contributed by atoms with Gasteiger partial charge in [-0.2, -0.15) is 0 Å². The third-order valence-electron chi connectivity index (χ3n) is 3.27. The molecule has 1 rings (SSSR count). The second-order valence-corrected chi connectivity index (χ2v) is 5.24. The summed E-state index contributed by atoms with van der Waals surface area (Å²) in [6, 6.07) is 6.37. The molecule has 1 atom stereocenters. The first-order valence-electron chi connectivity index (χ1n) is 7.26. The summed E-state index contributed by atoms with van der Waals surface area (Å²) in [4.78, 5) is 23.0. The summed E-state index contributed by atoms with van der Waals surface area (Å²) < 4.78 is 5.32. The van der Waals surface area contributed by atoms with E-state index in [2.05, 4.69) is 0 Å². The maximum Gasteiger partial charge on any atom is 0.168 e. The summed E-state index contributed by atoms with van der Waals surface area (Å²) in [6.07, 6.45) is 0.296. The number of hydrogen-bond donors (Lipinski definition) is 1. The average molecular weight is 293 g/mol. The van der Waals surface area contributed by atoms with Crippen molar-refractivity contribution in [2.45, 2.75) is 33.2 Å². The van der Waals surface area contributed by atoms with Crippen molar-refractivity contribution in [3.63, 3.8) is 0 Å². The van der Waals surface area contributed by atoms with Crippen LogP contribution in [0.3, 0.4) is 0 Å². The largest absolute Gasteiger partial charge is 0.544 e. The van der Waals surface area contributed by atoms with Crippen molar-refractivity contribution >= 4 is 11.8 Å². The molecule has 116 valence electrons. The summed E-state index contributed by atoms with van der Waals surface area (Å²) in [5.74, 6) is -0.387. The van der Waals surface area contributed by atoms with E-state index in [0.29, 0.717) is 25.1 Å². The van der Waals surface area contributed by atoms with E-state index in [-0.39, 0.29) is 11.7 Å². The Morgan fingerprint density at radius 2 is 1.86 bits per heavy atom. The molecule has 0 spiro atoms. The van der Waals surface area contributed by atoms with E-state index in [1.807, 2.05) is 20.8 Å². The summed E-state index contributed by atoms with van der Waals surface area (Å²) in [6.45, 7) is 6.57. The molecule has 0 aromatic heterocycles. The molecule has 0 amide bonds. The van der Waals surface area contributed by atoms with Crippen molar-refractivity contribution in [1.82, 2.24) is 0 Å². The standard InChI is InChI=1S/C16H23NO4/c1-4-21-13-7-5-12(6-8-13)14(18)9-10-17-15(11(2)3)16(19)20/h5-8,11,15,17H,4,9-10H2,1-3H3,(H,19,20). The van der Waals surface area contributed by atoms with Crippen LogP contribution in [0, 0.1) is 5.92 Å². The Bertz CT molecular complexity index is 468. The minimum absolute atomic E-state index is 0.00449. The predicted octanol–water partition coefficient (Wildman–Crippen LogP) is -0.00400. The number of carbonyl (C=O) groups is 2. The lowest BCUT2D eigenvalue weighted by Gasteiger charge is -2.19. The van der Waals surface area contributed by atoms with Gasteiger partial charge in [-0.15, -0.1) is 0 Å². The first kappa shape index (κ1) is 17.2. The molecule has 0 aliphatic carbocycles. The van der Waals surface area contributed by atoms with Crippen LogP contribution < -0.4 is 15.2 Å². The molecular weight excluding hydrogens is 270 g/mol. The van der Waals surface area contributed by atoms with E-state index in [9.17, 15) is 14.7 Å². The number of carbonyl (C=O) groups excluding carboxylic acids is 2. The summed E-state index contributed by atoms with van der Waals surface area (Å²) in [7, 11) is 0. The zero-order valence-corrected chi connectivity index (χ0v) is 12.8. The predicted molar refractivity (Wildman–Crippen MR) is 77.0 cm³/mol. The molecule has 0 radical (unpaired) electrons. The van der Waals surface area contributed by atoms with Crippen LogP contribution in [0.25, 0.3) is 0 Å². The summed E-state index contributed by atoms with van der Waals surface area (Å²) in [5.41, 5.74) is 0.612. The van der Waals surface area contributed by atoms with Crippen molar-refractivity contribution in [2.24, 2.45) is 5.92 Å². The number of hydrogen-bond acceptors (Lipinski definition) is 4. The number of ketones is 1. The molecule has 0 heterocycles. The van der Waals surface area contributed by atoms with Crippen molar-refractivity contribution in [1.29, 1.82) is 0 Å². The highest BCUT2D eigenvalue weighted by Crippen LogP contribution is 2.13. The molecule has 1 aromatic carbocycles. The van der Waals surface area contributed by atoms with Crippen molar-refractivity contribution in [3.8, 4) is 5.75 Å². The monoisotopic (exact) mass is 293 g/mol. The molecule has 2 N–H and O–H groups in total. The Morgan fingerprint density at radius 1 is 1.24 bits per heavy atom. The van der Waals surface area contributed by atoms with Crippen LogP contribution >= 0.6 is 0 Å². The number of aliphatic carboxylic acids is 1. The van der Waals surface area contributed by atoms with Gasteiger partial charge in [-0.25, -0.2) is 0 Å². The van der Waals surface area contributed by atoms with Crippen LogP contribution in [0.4, 0.5) is 0 Å². The number of carboxylic acids is 1. The highest BCUT2D eigenvalue weighted by molar-refractivity contribution is 5.96. The number of nitrogens with two attached hydrogens (primary N) is 1. The molecule has 0 fully saturated rings. The van der Waals surface area contributed by atoms with E-state index in [4.69, 9.17) is 4.74 Å². The maximum atomic E-state index is 12.0. The molecule has 0 saturated heterocycles. The van der Waals surface area contributed by atoms with Gasteiger partial charge in [0.2, 0.25) is 0 Å². The Morgan fingerprint density at radius 3 is 2.33 bits per heavy atom. The topological polar surface area (TPSA) is 83.0 Å². The first-order valence-corrected chi connectivity index (χ1v) is 7.26. The highest BCUT2D eigenvalue weighted by Gasteiger charge is 2.18. The third-order valence-corrected chi connectivity index (χ3v) is 3.27. The van der Waals surface area contributed by atoms with E-state index in [1.165, 1.54) is 0 Å². The van der Waals surface area contributed by atoms with Crippen molar-refractivity contribution in [2.75, 3.05) is 13.2 Å². The Hall–Kier alpha value is -1.88. The van der Waals surface area contributed by atoms with Crippen LogP contribution in [0.1, 0.15) is 37.6 Å². The van der Waals surface area contributed by atoms with Crippen LogP contribution in [-0.4, -0.2) is 30.9 Å². The van der Waals surface area contributed by atoms with Gasteiger partial charge in [0.05, 0.1) is 25.5 Å². The minimum atomic E-state index is -1.08. The van der Waals surface area contributed by atoms with E-state index in [1.54, 1.807) is 29.6 Å². The third kappa shape index (κ3) is 5.55. The average Bonchev–Trinajstić information content (AvgIpc) is 2.43. The lowest BCUT2D eigenvalue weighted by atomic mass is 10.0. The molecule has 5 heteroatoms. The molecule has 0 aliphatic rings. The highest BCUT2D eigenvalue weighted by atomic mass is 16.5. The van der Waals surface area contributed by atoms with Gasteiger partial charge in [0.1, 0.15) is 11.8 Å². The van der Waals surface area contributed by atoms with Crippen LogP contribution in [-0.2, 0) is 4.79 Å². The number of carboxylic acid groups (broad SMARTS) is 1. The molecule has 0 bridgehead atoms. The van der Waals surface area contributed by atoms with Gasteiger partial charge in [0.15, 0.2) is 5.78 Å². The number of rotatable bonds is 9. The smallest absolute Gasteiger partial charge is 0.168 e. The molecule has 0 saturated carbocycles. The van der Waals surface area contributed by atoms with E-state index in [0.717, 1.165) is 5.75 Å². The lowest BCUT2D eigenvalue weighted by molar-refractivity contribution is -0.687. The van der Waals surface area contributed by atoms with Gasteiger partial charge in [-0.05, 0) is 31.2 Å². The second-order valence-electron chi connectivity index (χ2n) is 5.24. The Kier molecular flexibility index (Phi) is 6.88. The number of ether oxygens (including phenoxy) is 1. The fourth-order valence-corrected chi connectivity index (χ4v) is 2.08. The van der Waals surface area contributed by atoms with Crippen LogP contribution in [0.2, 0.25) is 0 Å². The normalized spacial score (nSPS) is 12.2. The van der Waals surface area contributed by atoms with Crippen LogP contribution in [0.15, 0.2) is 24.3 Å². The summed E-state index contributed by atoms with van der Waals surface area (Å²) in [5, 5.41) is 12.6. The quantitative estimate of drug-likeness (QED) is 0.649. The number of quaternary nitrogens is 1. The molecule has 5 nitrogen and oxygen atoms in total. The van der Waals surface area contributed by atoms with Crippen molar-refractivity contribution < 1.29 is 24.7 Å². The van der Waals surface area contributed by atoms with E-state index >= 15 is 0 Å². The number of benzene rings is 1. The Balaban J connectivity index is 2.48. The van der Waals surface area contributed by atoms with Crippen LogP contribution in [0.5, 0.6) is 5.75 Å². The fraction of sp³-hybridized carbons (Fsp3) is 0.500. The van der Waals surface area contributed by atoms with Gasteiger partial charge in [0, 0.05) is 11.5 Å². The minimum Gasteiger partial charge on any atom is -0.544 e. The molecule has 1 unspecified atom stereocenters. The lowest BCUT2D eigenvalue weighted by Crippen LogP contribution is -2.94. The van der Waals surface area contributed by atoms with Gasteiger partial charge in [0.25, 0.3) is 0 Å². The molecular formula is C16H23NO4. The Labute approximate surface area is 125 Å². The second kappa shape index (κ2) is 8.42. The van der Waals surface area contributed by atoms with Gasteiger partial charge in [-0.1, -0.05) is 13.8 Å². The zero-order valence-electron chi connectivity index (χ0n) is 12.8. The summed E-state index contributed by atoms with van der Waals surface area (Å²) >= 11 is 0. The first-order chi connectivity index (χ1) is 9.95. The SMILES string of the molecule is CCOc1ccc(C(=O)CC[NH2+]C(C(=O)[O-])C(C)C)cc1. The van der Waals surface area contributed by atoms with Crippen molar-refractivity contribution in [3.05, 3.63) is 29.8 Å². The van der Waals surface area contributed by atoms with Gasteiger partial charge >= 0.3 is 0 Å². The zero-order chi connectivity index (χ0) is 15.8. The van der Waals surface area contributed by atoms with Gasteiger partial charge in [-0.3, -0.25) is 4.79 Å². The number of Topliss-reactive ketones (excluding diaryl/α,β-unsaturated/α-hetero) is 1. The molecule has 21 heavy (non-hydrogen) atoms. The molecule has 1 aromatic rings. The maximum absolute atomic E-state index is 12.0. The fourth-order valence-electron chi connectivity index (χ4n) is 2.08. The van der Waals surface area contributed by atoms with Gasteiger partial charge < -0.3 is 20.0 Å². The molecule has 0 aliphatic heterocycles. The van der Waals surface area contributed by atoms with E-state index < -0.39 is 12.0 Å².